The first-order chi connectivity index (χ1) is 8.15. The molecule has 0 aromatic carbocycles. The van der Waals surface area contributed by atoms with Crippen molar-refractivity contribution >= 4 is 0 Å². The fourth-order valence-electron chi connectivity index (χ4n) is 1.26. The third kappa shape index (κ3) is 4.83. The summed E-state index contributed by atoms with van der Waals surface area (Å²) in [6.07, 6.45) is 1.95. The Kier molecular flexibility index (Phi) is 5.44. The summed E-state index contributed by atoms with van der Waals surface area (Å²) in [6.45, 7) is 6.85. The summed E-state index contributed by atoms with van der Waals surface area (Å²) < 4.78 is 5.45. The van der Waals surface area contributed by atoms with Crippen molar-refractivity contribution in [1.29, 1.82) is 5.26 Å². The lowest BCUT2D eigenvalue weighted by Gasteiger charge is -2.11. The maximum Gasteiger partial charge on any atom is 0.184 e. The number of hydrogen-bond acceptors (Lipinski definition) is 4. The quantitative estimate of drug-likeness (QED) is 0.818. The molecule has 1 rings (SSSR count). The number of nitrogens with zero attached hydrogens (tertiary/aromatic N) is 2. The van der Waals surface area contributed by atoms with Gasteiger partial charge in [-0.05, 0) is 18.6 Å². The maximum atomic E-state index is 8.78. The summed E-state index contributed by atoms with van der Waals surface area (Å²) in [5, 5.41) is 12.1. The largest absolute Gasteiger partial charge is 0.474 e. The number of nitriles is 1. The van der Waals surface area contributed by atoms with E-state index in [1.54, 1.807) is 6.20 Å². The molecule has 17 heavy (non-hydrogen) atoms. The average Bonchev–Trinajstić information content (AvgIpc) is 2.34. The second-order valence-electron chi connectivity index (χ2n) is 4.16. The number of pyridine rings is 1. The van der Waals surface area contributed by atoms with E-state index in [1.165, 1.54) is 0 Å². The Bertz CT molecular complexity index is 367. The van der Waals surface area contributed by atoms with Gasteiger partial charge in [0, 0.05) is 12.6 Å². The van der Waals surface area contributed by atoms with Gasteiger partial charge in [-0.1, -0.05) is 20.8 Å². The van der Waals surface area contributed by atoms with E-state index >= 15 is 0 Å². The highest BCUT2D eigenvalue weighted by Crippen LogP contribution is 2.12. The molecule has 0 fully saturated rings. The molecule has 0 saturated heterocycles. The van der Waals surface area contributed by atoms with Gasteiger partial charge in [-0.2, -0.15) is 5.26 Å². The van der Waals surface area contributed by atoms with E-state index in [4.69, 9.17) is 10.00 Å². The monoisotopic (exact) mass is 233 g/mol. The minimum atomic E-state index is -0.392. The molecule has 4 nitrogen and oxygen atoms in total. The van der Waals surface area contributed by atoms with Gasteiger partial charge < -0.3 is 10.1 Å². The number of nitrogens with one attached hydrogen (secondary N) is 1. The average molecular weight is 233 g/mol. The number of ether oxygens (including phenoxy) is 1. The highest BCUT2D eigenvalue weighted by molar-refractivity contribution is 5.20. The van der Waals surface area contributed by atoms with Crippen molar-refractivity contribution in [3.8, 4) is 11.8 Å². The molecule has 0 radical (unpaired) electrons. The van der Waals surface area contributed by atoms with E-state index in [9.17, 15) is 0 Å². The van der Waals surface area contributed by atoms with Gasteiger partial charge in [-0.25, -0.2) is 0 Å². The minimum absolute atomic E-state index is 0.392. The Morgan fingerprint density at radius 1 is 1.47 bits per heavy atom. The fourth-order valence-corrected chi connectivity index (χ4v) is 1.26. The molecule has 0 saturated carbocycles. The first-order valence-electron chi connectivity index (χ1n) is 5.90. The first-order valence-corrected chi connectivity index (χ1v) is 5.90. The second kappa shape index (κ2) is 6.87. The number of hydrogen-bond donors (Lipinski definition) is 1. The van der Waals surface area contributed by atoms with Crippen LogP contribution in [0, 0.1) is 11.3 Å². The molecule has 1 aromatic rings. The van der Waals surface area contributed by atoms with Crippen LogP contribution in [0.25, 0.3) is 0 Å². The van der Waals surface area contributed by atoms with Crippen molar-refractivity contribution < 1.29 is 4.74 Å². The standard InChI is InChI=1S/C13H19N3O/c1-4-12(7-14)17-13-6-5-11(16-9-13)8-15-10(2)3/h5-6,9-10,12,15H,4,8H2,1-3H3. The van der Waals surface area contributed by atoms with Crippen LogP contribution in [0.4, 0.5) is 0 Å². The van der Waals surface area contributed by atoms with E-state index < -0.39 is 6.10 Å². The van der Waals surface area contributed by atoms with Gasteiger partial charge in [0.2, 0.25) is 0 Å². The highest BCUT2D eigenvalue weighted by Gasteiger charge is 2.06. The highest BCUT2D eigenvalue weighted by atomic mass is 16.5. The van der Waals surface area contributed by atoms with Gasteiger partial charge in [0.15, 0.2) is 6.10 Å². The number of rotatable bonds is 6. The van der Waals surface area contributed by atoms with Crippen molar-refractivity contribution in [1.82, 2.24) is 10.3 Å². The zero-order valence-electron chi connectivity index (χ0n) is 10.6. The zero-order valence-corrected chi connectivity index (χ0v) is 10.6. The van der Waals surface area contributed by atoms with Gasteiger partial charge >= 0.3 is 0 Å². The molecular weight excluding hydrogens is 214 g/mol. The molecule has 1 unspecified atom stereocenters. The Morgan fingerprint density at radius 2 is 2.24 bits per heavy atom. The Morgan fingerprint density at radius 3 is 2.71 bits per heavy atom. The molecule has 0 spiro atoms. The third-order valence-electron chi connectivity index (χ3n) is 2.28. The second-order valence-corrected chi connectivity index (χ2v) is 4.16. The predicted molar refractivity (Wildman–Crippen MR) is 66.5 cm³/mol. The Hall–Kier alpha value is -1.60. The summed E-state index contributed by atoms with van der Waals surface area (Å²) in [7, 11) is 0. The third-order valence-corrected chi connectivity index (χ3v) is 2.28. The van der Waals surface area contributed by atoms with Crippen LogP contribution in [0.15, 0.2) is 18.3 Å². The van der Waals surface area contributed by atoms with E-state index in [1.807, 2.05) is 19.1 Å². The molecule has 1 heterocycles. The molecule has 0 aliphatic rings. The summed E-state index contributed by atoms with van der Waals surface area (Å²) in [5.41, 5.74) is 0.969. The van der Waals surface area contributed by atoms with Crippen LogP contribution in [0.2, 0.25) is 0 Å². The van der Waals surface area contributed by atoms with E-state index in [0.717, 1.165) is 12.2 Å². The molecule has 1 N–H and O–H groups in total. The predicted octanol–water partition coefficient (Wildman–Crippen LogP) is 2.26. The molecule has 0 aliphatic carbocycles. The molecule has 0 amide bonds. The van der Waals surface area contributed by atoms with Gasteiger partial charge in [0.05, 0.1) is 11.9 Å². The van der Waals surface area contributed by atoms with Crippen molar-refractivity contribution in [3.05, 3.63) is 24.0 Å². The van der Waals surface area contributed by atoms with Crippen LogP contribution >= 0.6 is 0 Å². The molecule has 1 aromatic heterocycles. The lowest BCUT2D eigenvalue weighted by atomic mass is 10.3. The van der Waals surface area contributed by atoms with E-state index in [0.29, 0.717) is 18.2 Å². The topological polar surface area (TPSA) is 57.9 Å². The SMILES string of the molecule is CCC(C#N)Oc1ccc(CNC(C)C)nc1. The zero-order chi connectivity index (χ0) is 12.7. The minimum Gasteiger partial charge on any atom is -0.474 e. The summed E-state index contributed by atoms with van der Waals surface area (Å²) in [5.74, 6) is 0.645. The Balaban J connectivity index is 2.53. The molecule has 0 bridgehead atoms. The van der Waals surface area contributed by atoms with Crippen LogP contribution in [0.1, 0.15) is 32.9 Å². The number of aromatic nitrogens is 1. The van der Waals surface area contributed by atoms with Gasteiger partial charge in [0.1, 0.15) is 11.8 Å². The fraction of sp³-hybridized carbons (Fsp3) is 0.538. The maximum absolute atomic E-state index is 8.78. The summed E-state index contributed by atoms with van der Waals surface area (Å²) >= 11 is 0. The van der Waals surface area contributed by atoms with E-state index in [-0.39, 0.29) is 0 Å². The normalized spacial score (nSPS) is 12.2. The van der Waals surface area contributed by atoms with Crippen molar-refractivity contribution in [2.75, 3.05) is 0 Å². The van der Waals surface area contributed by atoms with Gasteiger partial charge in [0.25, 0.3) is 0 Å². The van der Waals surface area contributed by atoms with Crippen molar-refractivity contribution in [2.45, 2.75) is 45.9 Å². The van der Waals surface area contributed by atoms with Crippen LogP contribution in [0.5, 0.6) is 5.75 Å². The first kappa shape index (κ1) is 13.5. The van der Waals surface area contributed by atoms with Gasteiger partial charge in [-0.3, -0.25) is 4.98 Å². The van der Waals surface area contributed by atoms with Crippen molar-refractivity contribution in [3.63, 3.8) is 0 Å². The van der Waals surface area contributed by atoms with Crippen LogP contribution in [0.3, 0.4) is 0 Å². The van der Waals surface area contributed by atoms with Crippen LogP contribution in [-0.2, 0) is 6.54 Å². The smallest absolute Gasteiger partial charge is 0.184 e. The summed E-state index contributed by atoms with van der Waals surface area (Å²) in [6, 6.07) is 6.30. The molecule has 4 heteroatoms. The Labute approximate surface area is 103 Å². The summed E-state index contributed by atoms with van der Waals surface area (Å²) in [4.78, 5) is 4.28. The lowest BCUT2D eigenvalue weighted by Crippen LogP contribution is -2.22. The van der Waals surface area contributed by atoms with E-state index in [2.05, 4.69) is 30.2 Å². The van der Waals surface area contributed by atoms with Crippen LogP contribution < -0.4 is 10.1 Å². The lowest BCUT2D eigenvalue weighted by molar-refractivity contribution is 0.251. The van der Waals surface area contributed by atoms with Gasteiger partial charge in [-0.15, -0.1) is 0 Å². The molecule has 1 atom stereocenters. The molecule has 92 valence electrons. The van der Waals surface area contributed by atoms with Crippen molar-refractivity contribution in [2.24, 2.45) is 0 Å². The molecule has 0 aliphatic heterocycles. The van der Waals surface area contributed by atoms with Crippen LogP contribution in [-0.4, -0.2) is 17.1 Å². The molecular formula is C13H19N3O.